The van der Waals surface area contributed by atoms with Gasteiger partial charge in [-0.2, -0.15) is 0 Å². The molecule has 0 saturated heterocycles. The number of aliphatic carboxylic acids is 2. The van der Waals surface area contributed by atoms with Gasteiger partial charge in [-0.25, -0.2) is 0 Å². The number of carboxylic acid groups (broad SMARTS) is 2. The highest BCUT2D eigenvalue weighted by atomic mass is 16.4. The number of hydrogen-bond acceptors (Lipinski definition) is 2. The molecule has 0 radical (unpaired) electrons. The highest BCUT2D eigenvalue weighted by Gasteiger charge is 2.22. The maximum Gasteiger partial charge on any atom is 0.303 e. The molecule has 170 valence electrons. The summed E-state index contributed by atoms with van der Waals surface area (Å²) in [5.41, 5.74) is 2.29. The highest BCUT2D eigenvalue weighted by molar-refractivity contribution is 5.98. The summed E-state index contributed by atoms with van der Waals surface area (Å²) < 4.78 is 0. The van der Waals surface area contributed by atoms with E-state index in [1.165, 1.54) is 32.7 Å². The van der Waals surface area contributed by atoms with E-state index in [-0.39, 0.29) is 23.7 Å². The number of rotatable bonds is 10. The molecule has 3 rings (SSSR count). The third-order valence-corrected chi connectivity index (χ3v) is 6.74. The molecule has 0 atom stereocenters. The minimum atomic E-state index is -0.741. The van der Waals surface area contributed by atoms with E-state index in [1.54, 1.807) is 0 Å². The molecule has 2 N–H and O–H groups in total. The maximum atomic E-state index is 10.9. The fraction of sp³-hybridized carbons (Fsp3) is 0.429. The fourth-order valence-corrected chi connectivity index (χ4v) is 4.49. The van der Waals surface area contributed by atoms with Crippen LogP contribution in [0.2, 0.25) is 0 Å². The largest absolute Gasteiger partial charge is 0.481 e. The zero-order valence-electron chi connectivity index (χ0n) is 19.6. The van der Waals surface area contributed by atoms with Crippen molar-refractivity contribution < 1.29 is 19.8 Å². The summed E-state index contributed by atoms with van der Waals surface area (Å²) in [5, 5.41) is 22.6. The van der Waals surface area contributed by atoms with Crippen LogP contribution in [0.15, 0.2) is 48.5 Å². The molecule has 0 saturated carbocycles. The summed E-state index contributed by atoms with van der Waals surface area (Å²) in [5.74, 6) is -1.48. The van der Waals surface area contributed by atoms with E-state index in [4.69, 9.17) is 10.2 Å². The van der Waals surface area contributed by atoms with Crippen LogP contribution in [-0.4, -0.2) is 22.2 Å². The Morgan fingerprint density at radius 3 is 1.34 bits per heavy atom. The van der Waals surface area contributed by atoms with Crippen LogP contribution in [0, 0.1) is 0 Å². The van der Waals surface area contributed by atoms with E-state index in [9.17, 15) is 9.59 Å². The van der Waals surface area contributed by atoms with Gasteiger partial charge in [0.05, 0.1) is 0 Å². The van der Waals surface area contributed by atoms with E-state index in [1.807, 2.05) is 0 Å². The van der Waals surface area contributed by atoms with Gasteiger partial charge < -0.3 is 10.2 Å². The quantitative estimate of drug-likeness (QED) is 0.335. The SMILES string of the molecule is CC(C)(CCCC(=O)O)c1ccc2cc3cc(C(C)(C)CCCC(=O)O)ccc3cc2c1. The molecule has 0 aliphatic rings. The lowest BCUT2D eigenvalue weighted by Crippen LogP contribution is -2.17. The van der Waals surface area contributed by atoms with Crippen molar-refractivity contribution in [1.82, 2.24) is 0 Å². The molecule has 0 spiro atoms. The summed E-state index contributed by atoms with van der Waals surface area (Å²) in [4.78, 5) is 21.7. The average molecular weight is 435 g/mol. The van der Waals surface area contributed by atoms with E-state index in [2.05, 4.69) is 76.2 Å². The van der Waals surface area contributed by atoms with Crippen molar-refractivity contribution in [2.24, 2.45) is 0 Å². The predicted molar refractivity (Wildman–Crippen MR) is 130 cm³/mol. The molecule has 0 fully saturated rings. The molecule has 4 nitrogen and oxygen atoms in total. The van der Waals surface area contributed by atoms with Crippen molar-refractivity contribution >= 4 is 33.5 Å². The van der Waals surface area contributed by atoms with Gasteiger partial charge in [0, 0.05) is 12.8 Å². The van der Waals surface area contributed by atoms with Gasteiger partial charge in [-0.05, 0) is 81.3 Å². The molecule has 0 aliphatic heterocycles. The summed E-state index contributed by atoms with van der Waals surface area (Å²) in [6, 6.07) is 17.6. The Labute approximate surface area is 190 Å². The molecule has 0 bridgehead atoms. The van der Waals surface area contributed by atoms with Crippen molar-refractivity contribution in [3.63, 3.8) is 0 Å². The van der Waals surface area contributed by atoms with Crippen molar-refractivity contribution in [3.8, 4) is 0 Å². The Bertz CT molecular complexity index is 1050. The van der Waals surface area contributed by atoms with Gasteiger partial charge in [0.1, 0.15) is 0 Å². The molecule has 4 heteroatoms. The second kappa shape index (κ2) is 9.32. The minimum Gasteiger partial charge on any atom is -0.481 e. The van der Waals surface area contributed by atoms with Crippen molar-refractivity contribution in [3.05, 3.63) is 59.7 Å². The maximum absolute atomic E-state index is 10.9. The predicted octanol–water partition coefficient (Wildman–Crippen LogP) is 7.06. The van der Waals surface area contributed by atoms with Crippen LogP contribution in [0.4, 0.5) is 0 Å². The second-order valence-corrected chi connectivity index (χ2v) is 10.2. The van der Waals surface area contributed by atoms with Crippen LogP contribution in [0.5, 0.6) is 0 Å². The lowest BCUT2D eigenvalue weighted by Gasteiger charge is -2.26. The molecule has 3 aromatic rings. The van der Waals surface area contributed by atoms with Crippen LogP contribution >= 0.6 is 0 Å². The van der Waals surface area contributed by atoms with Crippen molar-refractivity contribution in [2.45, 2.75) is 77.0 Å². The van der Waals surface area contributed by atoms with Gasteiger partial charge in [-0.3, -0.25) is 9.59 Å². The Hall–Kier alpha value is -2.88. The third kappa shape index (κ3) is 5.67. The van der Waals surface area contributed by atoms with Gasteiger partial charge >= 0.3 is 11.9 Å². The number of carbonyl (C=O) groups is 2. The number of benzene rings is 3. The third-order valence-electron chi connectivity index (χ3n) is 6.74. The molecule has 32 heavy (non-hydrogen) atoms. The highest BCUT2D eigenvalue weighted by Crippen LogP contribution is 2.35. The molecule has 0 aliphatic carbocycles. The Morgan fingerprint density at radius 1 is 0.625 bits per heavy atom. The summed E-state index contributed by atoms with van der Waals surface area (Å²) in [7, 11) is 0. The van der Waals surface area contributed by atoms with Gasteiger partial charge in [-0.1, -0.05) is 64.1 Å². The normalized spacial score (nSPS) is 12.4. The lowest BCUT2D eigenvalue weighted by atomic mass is 9.78. The first-order valence-electron chi connectivity index (χ1n) is 11.4. The topological polar surface area (TPSA) is 74.6 Å². The van der Waals surface area contributed by atoms with Crippen LogP contribution in [0.3, 0.4) is 0 Å². The van der Waals surface area contributed by atoms with E-state index >= 15 is 0 Å². The van der Waals surface area contributed by atoms with E-state index in [0.717, 1.165) is 12.8 Å². The molecular formula is C28H34O4. The zero-order chi connectivity index (χ0) is 23.5. The first kappa shape index (κ1) is 23.8. The molecule has 3 aromatic carbocycles. The molecule has 0 unspecified atom stereocenters. The van der Waals surface area contributed by atoms with Crippen LogP contribution in [0.1, 0.15) is 77.3 Å². The summed E-state index contributed by atoms with van der Waals surface area (Å²) >= 11 is 0. The molecule has 0 heterocycles. The average Bonchev–Trinajstić information content (AvgIpc) is 2.70. The first-order chi connectivity index (χ1) is 15.0. The second-order valence-electron chi connectivity index (χ2n) is 10.2. The zero-order valence-corrected chi connectivity index (χ0v) is 19.6. The van der Waals surface area contributed by atoms with Crippen LogP contribution < -0.4 is 0 Å². The van der Waals surface area contributed by atoms with Crippen molar-refractivity contribution in [1.29, 1.82) is 0 Å². The lowest BCUT2D eigenvalue weighted by molar-refractivity contribution is -0.138. The van der Waals surface area contributed by atoms with Gasteiger partial charge in [-0.15, -0.1) is 0 Å². The fourth-order valence-electron chi connectivity index (χ4n) is 4.49. The van der Waals surface area contributed by atoms with Gasteiger partial charge in [0.25, 0.3) is 0 Å². The minimum absolute atomic E-state index is 0.0809. The Morgan fingerprint density at radius 2 is 1.00 bits per heavy atom. The molecule has 0 aromatic heterocycles. The number of carboxylic acids is 2. The van der Waals surface area contributed by atoms with Crippen LogP contribution in [-0.2, 0) is 20.4 Å². The standard InChI is InChI=1S/C28H34O4/c1-27(2,13-5-7-25(29)30)23-11-9-19-16-22-18-24(12-10-20(22)15-21(19)17-23)28(3,4)14-6-8-26(31)32/h9-12,15-18H,5-8,13-14H2,1-4H3,(H,29,30)(H,31,32). The van der Waals surface area contributed by atoms with Gasteiger partial charge in [0.2, 0.25) is 0 Å². The Balaban J connectivity index is 1.88. The first-order valence-corrected chi connectivity index (χ1v) is 11.4. The number of hydrogen-bond donors (Lipinski definition) is 2. The monoisotopic (exact) mass is 434 g/mol. The smallest absolute Gasteiger partial charge is 0.303 e. The van der Waals surface area contributed by atoms with Gasteiger partial charge in [0.15, 0.2) is 0 Å². The molecule has 0 amide bonds. The van der Waals surface area contributed by atoms with E-state index in [0.29, 0.717) is 12.8 Å². The van der Waals surface area contributed by atoms with Crippen molar-refractivity contribution in [2.75, 3.05) is 0 Å². The van der Waals surface area contributed by atoms with E-state index < -0.39 is 11.9 Å². The van der Waals surface area contributed by atoms with Crippen LogP contribution in [0.25, 0.3) is 21.5 Å². The summed E-state index contributed by atoms with van der Waals surface area (Å²) in [6.07, 6.45) is 3.41. The number of fused-ring (bicyclic) bond motifs is 2. The summed E-state index contributed by atoms with van der Waals surface area (Å²) in [6.45, 7) is 8.71. The Kier molecular flexibility index (Phi) is 6.92. The molecular weight excluding hydrogens is 400 g/mol.